The maximum absolute atomic E-state index is 7.25. The maximum Gasteiger partial charge on any atom is 0.260 e. The van der Waals surface area contributed by atoms with Gasteiger partial charge in [0.25, 0.3) is 13.4 Å². The van der Waals surface area contributed by atoms with E-state index in [4.69, 9.17) is 18.9 Å². The SMILES string of the molecule is CCCCc1ccc(Oc2cc3c4c(c2)Oc2cc5c(cc2B4c2ccccc2O3)B2c3ccccc3N(c3ccccc3)c3cc(Oc4ccc(CCCC)cc4)cc(c32)N5c2ccc(C(C)(C)C)cc2)cc1. The lowest BCUT2D eigenvalue weighted by Gasteiger charge is -2.45. The zero-order valence-corrected chi connectivity index (χ0v) is 42.8. The van der Waals surface area contributed by atoms with E-state index in [1.165, 1.54) is 33.1 Å². The Morgan fingerprint density at radius 2 is 0.932 bits per heavy atom. The van der Waals surface area contributed by atoms with Crippen LogP contribution in [0.1, 0.15) is 77.0 Å². The molecule has 0 aromatic heterocycles. The summed E-state index contributed by atoms with van der Waals surface area (Å²) < 4.78 is 27.7. The van der Waals surface area contributed by atoms with Gasteiger partial charge in [0, 0.05) is 69.9 Å². The molecule has 4 aliphatic heterocycles. The van der Waals surface area contributed by atoms with E-state index >= 15 is 0 Å². The van der Waals surface area contributed by atoms with Gasteiger partial charge in [-0.2, -0.15) is 0 Å². The average Bonchev–Trinajstić information content (AvgIpc) is 3.42. The second kappa shape index (κ2) is 18.4. The van der Waals surface area contributed by atoms with E-state index in [-0.39, 0.29) is 18.8 Å². The Labute approximate surface area is 436 Å². The van der Waals surface area contributed by atoms with Gasteiger partial charge in [0.15, 0.2) is 0 Å². The predicted molar refractivity (Wildman–Crippen MR) is 307 cm³/mol. The third-order valence-corrected chi connectivity index (χ3v) is 15.4. The first-order valence-corrected chi connectivity index (χ1v) is 26.6. The first-order chi connectivity index (χ1) is 36.2. The molecule has 0 aliphatic carbocycles. The third-order valence-electron chi connectivity index (χ3n) is 15.4. The first-order valence-electron chi connectivity index (χ1n) is 26.6. The van der Waals surface area contributed by atoms with E-state index in [1.807, 2.05) is 12.1 Å². The van der Waals surface area contributed by atoms with Crippen molar-refractivity contribution >= 4 is 80.3 Å². The minimum atomic E-state index is -0.157. The van der Waals surface area contributed by atoms with Gasteiger partial charge < -0.3 is 28.7 Å². The highest BCUT2D eigenvalue weighted by atomic mass is 16.5. The topological polar surface area (TPSA) is 43.4 Å². The van der Waals surface area contributed by atoms with Crippen molar-refractivity contribution in [2.45, 2.75) is 78.6 Å². The Kier molecular flexibility index (Phi) is 11.4. The first kappa shape index (κ1) is 45.7. The normalized spacial score (nSPS) is 13.4. The van der Waals surface area contributed by atoms with Gasteiger partial charge in [-0.05, 0) is 136 Å². The summed E-state index contributed by atoms with van der Waals surface area (Å²) in [6.07, 6.45) is 6.76. The van der Waals surface area contributed by atoms with E-state index in [0.717, 1.165) is 129 Å². The van der Waals surface area contributed by atoms with Crippen molar-refractivity contribution in [1.82, 2.24) is 0 Å². The number of fused-ring (bicyclic) bond motifs is 8. The number of aryl methyl sites for hydroxylation is 2. The number of hydrogen-bond acceptors (Lipinski definition) is 6. The van der Waals surface area contributed by atoms with Gasteiger partial charge in [-0.25, -0.2) is 0 Å². The maximum atomic E-state index is 7.25. The van der Waals surface area contributed by atoms with Crippen molar-refractivity contribution in [1.29, 1.82) is 0 Å². The average molecular weight is 965 g/mol. The summed E-state index contributed by atoms with van der Waals surface area (Å²) in [7, 11) is 0. The van der Waals surface area contributed by atoms with Gasteiger partial charge in [0.2, 0.25) is 0 Å². The fourth-order valence-electron chi connectivity index (χ4n) is 11.7. The van der Waals surface area contributed by atoms with Gasteiger partial charge in [0.1, 0.15) is 46.0 Å². The highest BCUT2D eigenvalue weighted by molar-refractivity contribution is 7.02. The molecule has 4 aliphatic rings. The molecule has 9 aromatic rings. The van der Waals surface area contributed by atoms with Gasteiger partial charge in [0.05, 0.1) is 0 Å². The zero-order chi connectivity index (χ0) is 50.1. The summed E-state index contributed by atoms with van der Waals surface area (Å²) in [5, 5.41) is 0. The number of nitrogens with zero attached hydrogens (tertiary/aromatic N) is 2. The molecule has 0 amide bonds. The van der Waals surface area contributed by atoms with Crippen LogP contribution < -0.4 is 61.5 Å². The van der Waals surface area contributed by atoms with Crippen LogP contribution in [0, 0.1) is 0 Å². The smallest absolute Gasteiger partial charge is 0.260 e. The molecule has 0 saturated heterocycles. The molecule has 6 nitrogen and oxygen atoms in total. The Morgan fingerprint density at radius 3 is 1.55 bits per heavy atom. The highest BCUT2D eigenvalue weighted by Gasteiger charge is 2.47. The minimum Gasteiger partial charge on any atom is -0.458 e. The van der Waals surface area contributed by atoms with Crippen LogP contribution in [-0.2, 0) is 18.3 Å². The summed E-state index contributed by atoms with van der Waals surface area (Å²) in [6.45, 7) is 11.0. The summed E-state index contributed by atoms with van der Waals surface area (Å²) in [5.74, 6) is 6.08. The molecule has 0 saturated carbocycles. The van der Waals surface area contributed by atoms with Crippen LogP contribution in [0.5, 0.6) is 46.0 Å². The number of unbranched alkanes of at least 4 members (excludes halogenated alkanes) is 2. The number of ether oxygens (including phenoxy) is 4. The van der Waals surface area contributed by atoms with Crippen LogP contribution in [-0.4, -0.2) is 13.4 Å². The Hall–Kier alpha value is -8.09. The quantitative estimate of drug-likeness (QED) is 0.114. The van der Waals surface area contributed by atoms with Crippen LogP contribution >= 0.6 is 0 Å². The summed E-state index contributed by atoms with van der Waals surface area (Å²) in [6, 6.07) is 67.7. The van der Waals surface area contributed by atoms with E-state index in [9.17, 15) is 0 Å². The predicted octanol–water partition coefficient (Wildman–Crippen LogP) is 14.1. The molecule has 8 heteroatoms. The van der Waals surface area contributed by atoms with Crippen molar-refractivity contribution in [3.8, 4) is 46.0 Å². The molecule has 13 rings (SSSR count). The molecule has 0 radical (unpaired) electrons. The second-order valence-electron chi connectivity index (χ2n) is 21.3. The van der Waals surface area contributed by atoms with Crippen LogP contribution in [0.25, 0.3) is 0 Å². The van der Waals surface area contributed by atoms with E-state index in [1.54, 1.807) is 0 Å². The molecule has 0 atom stereocenters. The third kappa shape index (κ3) is 7.99. The molecule has 0 fully saturated rings. The van der Waals surface area contributed by atoms with Crippen LogP contribution in [0.4, 0.5) is 34.1 Å². The molecule has 0 N–H and O–H groups in total. The number of hydrogen-bond donors (Lipinski definition) is 0. The summed E-state index contributed by atoms with van der Waals surface area (Å²) >= 11 is 0. The highest BCUT2D eigenvalue weighted by Crippen LogP contribution is 2.48. The van der Waals surface area contributed by atoms with E-state index in [0.29, 0.717) is 5.75 Å². The van der Waals surface area contributed by atoms with Crippen molar-refractivity contribution in [2.75, 3.05) is 9.80 Å². The fraction of sp³-hybridized carbons (Fsp3) is 0.182. The lowest BCUT2D eigenvalue weighted by Crippen LogP contribution is -2.63. The molecule has 0 bridgehead atoms. The fourth-order valence-corrected chi connectivity index (χ4v) is 11.7. The van der Waals surface area contributed by atoms with Crippen molar-refractivity contribution < 1.29 is 18.9 Å². The number of rotatable bonds is 12. The van der Waals surface area contributed by atoms with Crippen molar-refractivity contribution in [3.63, 3.8) is 0 Å². The molecular weight excluding hydrogens is 906 g/mol. The van der Waals surface area contributed by atoms with Gasteiger partial charge in [-0.1, -0.05) is 145 Å². The minimum absolute atomic E-state index is 0.0256. The van der Waals surface area contributed by atoms with Gasteiger partial charge in [-0.15, -0.1) is 0 Å². The van der Waals surface area contributed by atoms with Crippen LogP contribution in [0.15, 0.2) is 188 Å². The number of benzene rings is 9. The Morgan fingerprint density at radius 1 is 0.405 bits per heavy atom. The van der Waals surface area contributed by atoms with Crippen molar-refractivity contribution in [2.24, 2.45) is 0 Å². The Balaban J connectivity index is 1.02. The number of para-hydroxylation sites is 3. The molecule has 4 heterocycles. The lowest BCUT2D eigenvalue weighted by molar-refractivity contribution is 0.443. The summed E-state index contributed by atoms with van der Waals surface area (Å²) in [5.41, 5.74) is 17.2. The lowest BCUT2D eigenvalue weighted by atomic mass is 9.31. The molecule has 362 valence electrons. The second-order valence-corrected chi connectivity index (χ2v) is 21.3. The van der Waals surface area contributed by atoms with Crippen LogP contribution in [0.3, 0.4) is 0 Å². The monoisotopic (exact) mass is 964 g/mol. The van der Waals surface area contributed by atoms with E-state index in [2.05, 4.69) is 220 Å². The molecule has 9 aromatic carbocycles. The van der Waals surface area contributed by atoms with Gasteiger partial charge in [-0.3, -0.25) is 0 Å². The molecule has 0 unspecified atom stereocenters. The molecule has 0 spiro atoms. The van der Waals surface area contributed by atoms with E-state index < -0.39 is 0 Å². The standard InChI is InChI=1S/C66H58B2N2O4/c1-6-8-17-43-25-33-48(34-26-43)71-50-37-58-64-59(38-50)70(47-31-29-45(30-32-47)66(3,4)5)57-42-61-55(41-54(57)67(64)52-21-13-15-23-56(52)69(58)46-19-11-10-12-20-46)68-53-22-14-16-24-60(53)73-62-39-51(40-63(74-61)65(62)68)72-49-35-27-44(28-36-49)18-9-7-2/h10-16,19-42H,6-9,17-18H2,1-5H3. The Bertz CT molecular complexity index is 3590. The van der Waals surface area contributed by atoms with Crippen molar-refractivity contribution in [3.05, 3.63) is 205 Å². The molecule has 74 heavy (non-hydrogen) atoms. The number of anilines is 6. The van der Waals surface area contributed by atoms with Gasteiger partial charge >= 0.3 is 0 Å². The molecular formula is C66H58B2N2O4. The van der Waals surface area contributed by atoms with Crippen LogP contribution in [0.2, 0.25) is 0 Å². The summed E-state index contributed by atoms with van der Waals surface area (Å²) in [4.78, 5) is 4.87. The zero-order valence-electron chi connectivity index (χ0n) is 42.8. The largest absolute Gasteiger partial charge is 0.458 e.